The third-order valence-corrected chi connectivity index (χ3v) is 5.33. The average Bonchev–Trinajstić information content (AvgIpc) is 3.27. The van der Waals surface area contributed by atoms with E-state index in [2.05, 4.69) is 5.32 Å². The van der Waals surface area contributed by atoms with E-state index >= 15 is 0 Å². The van der Waals surface area contributed by atoms with Gasteiger partial charge in [-0.1, -0.05) is 23.7 Å². The standard InChI is InChI=1S/C22H21ClN2O4/c1-13(19-11-15-10-16(23)6-7-18(15)29-19)24-21(26)17-5-3-4-14-12-25(8-9-28-2)22(27)20(14)17/h3-7,10-11,13H,8-9,12H2,1-2H3,(H,24,26)/t13-/m1/s1. The number of fused-ring (bicyclic) bond motifs is 2. The van der Waals surface area contributed by atoms with Crippen LogP contribution in [0.25, 0.3) is 11.0 Å². The van der Waals surface area contributed by atoms with E-state index < -0.39 is 0 Å². The summed E-state index contributed by atoms with van der Waals surface area (Å²) in [5, 5.41) is 4.43. The van der Waals surface area contributed by atoms with Gasteiger partial charge in [-0.2, -0.15) is 0 Å². The lowest BCUT2D eigenvalue weighted by Crippen LogP contribution is -2.30. The highest BCUT2D eigenvalue weighted by Gasteiger charge is 2.31. The van der Waals surface area contributed by atoms with Crippen LogP contribution in [0.4, 0.5) is 0 Å². The molecule has 1 atom stereocenters. The van der Waals surface area contributed by atoms with Crippen molar-refractivity contribution in [3.05, 3.63) is 69.9 Å². The highest BCUT2D eigenvalue weighted by Crippen LogP contribution is 2.28. The minimum atomic E-state index is -0.370. The van der Waals surface area contributed by atoms with E-state index in [0.717, 1.165) is 10.9 Å². The van der Waals surface area contributed by atoms with Crippen LogP contribution in [-0.4, -0.2) is 37.0 Å². The fraction of sp³-hybridized carbons (Fsp3) is 0.273. The molecule has 0 spiro atoms. The molecule has 0 unspecified atom stereocenters. The molecule has 1 aliphatic heterocycles. The molecule has 2 aromatic carbocycles. The van der Waals surface area contributed by atoms with Gasteiger partial charge in [0.05, 0.1) is 23.8 Å². The Morgan fingerprint density at radius 3 is 2.93 bits per heavy atom. The molecule has 2 heterocycles. The molecule has 1 N–H and O–H groups in total. The molecule has 6 nitrogen and oxygen atoms in total. The normalized spacial score (nSPS) is 14.3. The highest BCUT2D eigenvalue weighted by molar-refractivity contribution is 6.31. The van der Waals surface area contributed by atoms with Crippen molar-refractivity contribution < 1.29 is 18.7 Å². The quantitative estimate of drug-likeness (QED) is 0.659. The first-order valence-electron chi connectivity index (χ1n) is 9.38. The molecule has 0 aliphatic carbocycles. The predicted octanol–water partition coefficient (Wildman–Crippen LogP) is 4.18. The maximum absolute atomic E-state index is 13.0. The number of hydrogen-bond acceptors (Lipinski definition) is 4. The molecule has 3 aromatic rings. The largest absolute Gasteiger partial charge is 0.459 e. The second-order valence-electron chi connectivity index (χ2n) is 7.09. The lowest BCUT2D eigenvalue weighted by atomic mass is 10.0. The van der Waals surface area contributed by atoms with Crippen LogP contribution in [0.5, 0.6) is 0 Å². The van der Waals surface area contributed by atoms with Crippen LogP contribution in [-0.2, 0) is 11.3 Å². The molecule has 0 saturated heterocycles. The second-order valence-corrected chi connectivity index (χ2v) is 7.52. The fourth-order valence-corrected chi connectivity index (χ4v) is 3.77. The van der Waals surface area contributed by atoms with Crippen molar-refractivity contribution in [3.63, 3.8) is 0 Å². The Kier molecular flexibility index (Phi) is 5.30. The van der Waals surface area contributed by atoms with E-state index in [-0.39, 0.29) is 17.9 Å². The Labute approximate surface area is 173 Å². The molecule has 0 fully saturated rings. The summed E-state index contributed by atoms with van der Waals surface area (Å²) in [5.41, 5.74) is 2.39. The first-order chi connectivity index (χ1) is 14.0. The van der Waals surface area contributed by atoms with Gasteiger partial charge in [0, 0.05) is 30.6 Å². The van der Waals surface area contributed by atoms with Gasteiger partial charge in [0.15, 0.2) is 0 Å². The Morgan fingerprint density at radius 1 is 1.31 bits per heavy atom. The molecule has 0 saturated carbocycles. The topological polar surface area (TPSA) is 71.8 Å². The highest BCUT2D eigenvalue weighted by atomic mass is 35.5. The molecular formula is C22H21ClN2O4. The molecule has 29 heavy (non-hydrogen) atoms. The number of benzene rings is 2. The van der Waals surface area contributed by atoms with Gasteiger partial charge < -0.3 is 19.4 Å². The first kappa shape index (κ1) is 19.5. The summed E-state index contributed by atoms with van der Waals surface area (Å²) in [6.45, 7) is 3.27. The van der Waals surface area contributed by atoms with Crippen molar-refractivity contribution in [2.24, 2.45) is 0 Å². The predicted molar refractivity (Wildman–Crippen MR) is 110 cm³/mol. The zero-order valence-electron chi connectivity index (χ0n) is 16.2. The van der Waals surface area contributed by atoms with E-state index in [0.29, 0.717) is 47.2 Å². The van der Waals surface area contributed by atoms with E-state index in [1.807, 2.05) is 25.1 Å². The van der Waals surface area contributed by atoms with Crippen molar-refractivity contribution in [3.8, 4) is 0 Å². The Morgan fingerprint density at radius 2 is 2.14 bits per heavy atom. The van der Waals surface area contributed by atoms with Gasteiger partial charge in [-0.25, -0.2) is 0 Å². The lowest BCUT2D eigenvalue weighted by molar-refractivity contribution is 0.0715. The summed E-state index contributed by atoms with van der Waals surface area (Å²) >= 11 is 6.03. The molecule has 1 aromatic heterocycles. The molecule has 4 rings (SSSR count). The second kappa shape index (κ2) is 7.89. The molecule has 0 radical (unpaired) electrons. The number of amides is 2. The summed E-state index contributed by atoms with van der Waals surface area (Å²) in [6.07, 6.45) is 0. The number of halogens is 1. The van der Waals surface area contributed by atoms with Crippen molar-refractivity contribution in [1.82, 2.24) is 10.2 Å². The zero-order chi connectivity index (χ0) is 20.5. The van der Waals surface area contributed by atoms with E-state index in [1.165, 1.54) is 0 Å². The van der Waals surface area contributed by atoms with Crippen LogP contribution in [0.2, 0.25) is 5.02 Å². The number of rotatable bonds is 6. The summed E-state index contributed by atoms with van der Waals surface area (Å²) in [6, 6.07) is 12.2. The first-order valence-corrected chi connectivity index (χ1v) is 9.75. The number of carbonyl (C=O) groups is 2. The SMILES string of the molecule is COCCN1Cc2cccc(C(=O)N[C@H](C)c3cc4cc(Cl)ccc4o3)c2C1=O. The molecule has 150 valence electrons. The summed E-state index contributed by atoms with van der Waals surface area (Å²) < 4.78 is 10.9. The van der Waals surface area contributed by atoms with Crippen LogP contribution in [0, 0.1) is 0 Å². The minimum absolute atomic E-state index is 0.145. The number of nitrogens with zero attached hydrogens (tertiary/aromatic N) is 1. The number of ether oxygens (including phenoxy) is 1. The van der Waals surface area contributed by atoms with Gasteiger partial charge in [0.1, 0.15) is 11.3 Å². The van der Waals surface area contributed by atoms with E-state index in [1.54, 1.807) is 36.3 Å². The number of methoxy groups -OCH3 is 1. The van der Waals surface area contributed by atoms with Gasteiger partial charge in [-0.05, 0) is 42.8 Å². The van der Waals surface area contributed by atoms with Gasteiger partial charge >= 0.3 is 0 Å². The van der Waals surface area contributed by atoms with Gasteiger partial charge in [-0.15, -0.1) is 0 Å². The van der Waals surface area contributed by atoms with Crippen molar-refractivity contribution >= 4 is 34.4 Å². The van der Waals surface area contributed by atoms with Gasteiger partial charge in [0.25, 0.3) is 11.8 Å². The average molecular weight is 413 g/mol. The lowest BCUT2D eigenvalue weighted by Gasteiger charge is -2.15. The van der Waals surface area contributed by atoms with Crippen LogP contribution >= 0.6 is 11.6 Å². The van der Waals surface area contributed by atoms with Crippen LogP contribution in [0.3, 0.4) is 0 Å². The smallest absolute Gasteiger partial charge is 0.255 e. The fourth-order valence-electron chi connectivity index (χ4n) is 3.58. The minimum Gasteiger partial charge on any atom is -0.459 e. The van der Waals surface area contributed by atoms with Crippen molar-refractivity contribution in [2.75, 3.05) is 20.3 Å². The number of carbonyl (C=O) groups excluding carboxylic acids is 2. The van der Waals surface area contributed by atoms with Crippen molar-refractivity contribution in [2.45, 2.75) is 19.5 Å². The molecule has 7 heteroatoms. The summed E-state index contributed by atoms with van der Waals surface area (Å²) in [7, 11) is 1.60. The third-order valence-electron chi connectivity index (χ3n) is 5.09. The monoisotopic (exact) mass is 412 g/mol. The summed E-state index contributed by atoms with van der Waals surface area (Å²) in [5.74, 6) is 0.167. The van der Waals surface area contributed by atoms with E-state index in [9.17, 15) is 9.59 Å². The number of furan rings is 1. The van der Waals surface area contributed by atoms with Crippen LogP contribution < -0.4 is 5.32 Å². The van der Waals surface area contributed by atoms with Crippen LogP contribution in [0.15, 0.2) is 46.9 Å². The maximum Gasteiger partial charge on any atom is 0.255 e. The van der Waals surface area contributed by atoms with Gasteiger partial charge in [0.2, 0.25) is 0 Å². The molecule has 0 bridgehead atoms. The molecule has 1 aliphatic rings. The number of nitrogens with one attached hydrogen (secondary N) is 1. The Balaban J connectivity index is 1.55. The maximum atomic E-state index is 13.0. The zero-order valence-corrected chi connectivity index (χ0v) is 17.0. The Hall–Kier alpha value is -2.83. The summed E-state index contributed by atoms with van der Waals surface area (Å²) in [4.78, 5) is 27.4. The third kappa shape index (κ3) is 3.73. The Bertz CT molecular complexity index is 1090. The molecule has 2 amide bonds. The van der Waals surface area contributed by atoms with Gasteiger partial charge in [-0.3, -0.25) is 9.59 Å². The molecular weight excluding hydrogens is 392 g/mol. The van der Waals surface area contributed by atoms with Crippen LogP contribution in [0.1, 0.15) is 45.0 Å². The van der Waals surface area contributed by atoms with E-state index in [4.69, 9.17) is 20.8 Å². The van der Waals surface area contributed by atoms with Crippen molar-refractivity contribution in [1.29, 1.82) is 0 Å². The number of hydrogen-bond donors (Lipinski definition) is 1.